The van der Waals surface area contributed by atoms with Crippen LogP contribution in [0.25, 0.3) is 0 Å². The highest BCUT2D eigenvalue weighted by molar-refractivity contribution is 5.80. The van der Waals surface area contributed by atoms with Crippen LogP contribution in [-0.2, 0) is 9.53 Å². The summed E-state index contributed by atoms with van der Waals surface area (Å²) in [4.78, 5) is 13.1. The van der Waals surface area contributed by atoms with Crippen LogP contribution in [0.4, 0.5) is 0 Å². The van der Waals surface area contributed by atoms with E-state index in [2.05, 4.69) is 0 Å². The lowest BCUT2D eigenvalue weighted by Crippen LogP contribution is -2.47. The van der Waals surface area contributed by atoms with Crippen LogP contribution in [0.5, 0.6) is 0 Å². The highest BCUT2D eigenvalue weighted by Gasteiger charge is 2.23. The highest BCUT2D eigenvalue weighted by Crippen LogP contribution is 2.07. The fraction of sp³-hybridized carbons (Fsp3) is 0.900. The molecule has 1 atom stereocenters. The second kappa shape index (κ2) is 7.62. The Morgan fingerprint density at radius 3 is 2.40 bits per heavy atom. The molecular weight excluding hydrogens is 194 g/mol. The molecule has 15 heavy (non-hydrogen) atoms. The van der Waals surface area contributed by atoms with Crippen molar-refractivity contribution in [2.75, 3.05) is 33.4 Å². The summed E-state index contributed by atoms with van der Waals surface area (Å²) in [7, 11) is 1.88. The molecule has 0 heterocycles. The molecule has 0 spiro atoms. The first-order valence-electron chi connectivity index (χ1n) is 5.28. The van der Waals surface area contributed by atoms with E-state index in [1.807, 2.05) is 25.8 Å². The van der Waals surface area contributed by atoms with Crippen LogP contribution in [0.2, 0.25) is 0 Å². The van der Waals surface area contributed by atoms with Gasteiger partial charge >= 0.3 is 0 Å². The van der Waals surface area contributed by atoms with Crippen molar-refractivity contribution >= 4 is 5.91 Å². The Morgan fingerprint density at radius 1 is 1.40 bits per heavy atom. The van der Waals surface area contributed by atoms with E-state index < -0.39 is 0 Å². The molecular formula is C10H23N3O2. The molecule has 5 heteroatoms. The summed E-state index contributed by atoms with van der Waals surface area (Å²) in [5.74, 6) is -0.0756. The molecule has 0 aliphatic carbocycles. The van der Waals surface area contributed by atoms with Crippen LogP contribution in [-0.4, -0.2) is 50.2 Å². The number of nitrogens with zero attached hydrogens (tertiary/aromatic N) is 1. The Hall–Kier alpha value is -0.650. The minimum Gasteiger partial charge on any atom is -0.379 e. The largest absolute Gasteiger partial charge is 0.379 e. The van der Waals surface area contributed by atoms with Crippen LogP contribution in [0, 0.1) is 5.92 Å². The summed E-state index contributed by atoms with van der Waals surface area (Å²) in [5.41, 5.74) is 10.6. The average molecular weight is 217 g/mol. The number of ether oxygens (including phenoxy) is 1. The Morgan fingerprint density at radius 2 is 2.00 bits per heavy atom. The monoisotopic (exact) mass is 217 g/mol. The highest BCUT2D eigenvalue weighted by atomic mass is 16.5. The Kier molecular flexibility index (Phi) is 7.29. The second-order valence-corrected chi connectivity index (χ2v) is 3.97. The van der Waals surface area contributed by atoms with Crippen molar-refractivity contribution in [1.82, 2.24) is 4.90 Å². The second-order valence-electron chi connectivity index (χ2n) is 3.97. The zero-order valence-corrected chi connectivity index (χ0v) is 9.90. The molecule has 90 valence electrons. The summed E-state index contributed by atoms with van der Waals surface area (Å²) < 4.78 is 5.24. The number of carbonyl (C=O) groups excluding carboxylic acids is 1. The van der Waals surface area contributed by atoms with Crippen LogP contribution in [0.15, 0.2) is 0 Å². The van der Waals surface area contributed by atoms with E-state index in [1.54, 1.807) is 0 Å². The first-order chi connectivity index (χ1) is 7.00. The lowest BCUT2D eigenvalue weighted by Gasteiger charge is -2.28. The van der Waals surface area contributed by atoms with Crippen molar-refractivity contribution in [3.63, 3.8) is 0 Å². The van der Waals surface area contributed by atoms with Crippen LogP contribution >= 0.6 is 0 Å². The zero-order valence-electron chi connectivity index (χ0n) is 9.90. The Labute approximate surface area is 91.7 Å². The summed E-state index contributed by atoms with van der Waals surface area (Å²) in [6.45, 7) is 6.29. The number of amides is 1. The maximum atomic E-state index is 11.2. The van der Waals surface area contributed by atoms with Gasteiger partial charge in [-0.15, -0.1) is 0 Å². The van der Waals surface area contributed by atoms with Crippen molar-refractivity contribution in [3.8, 4) is 0 Å². The van der Waals surface area contributed by atoms with E-state index in [9.17, 15) is 4.79 Å². The molecule has 0 unspecified atom stereocenters. The molecule has 0 saturated heterocycles. The van der Waals surface area contributed by atoms with Gasteiger partial charge in [-0.3, -0.25) is 9.69 Å². The first-order valence-corrected chi connectivity index (χ1v) is 5.28. The van der Waals surface area contributed by atoms with E-state index >= 15 is 0 Å². The molecule has 4 N–H and O–H groups in total. The van der Waals surface area contributed by atoms with Gasteiger partial charge in [0.15, 0.2) is 0 Å². The van der Waals surface area contributed by atoms with E-state index in [0.717, 1.165) is 0 Å². The van der Waals surface area contributed by atoms with Gasteiger partial charge in [-0.25, -0.2) is 0 Å². The van der Waals surface area contributed by atoms with Gasteiger partial charge in [-0.1, -0.05) is 13.8 Å². The summed E-state index contributed by atoms with van der Waals surface area (Å²) in [5, 5.41) is 0. The average Bonchev–Trinajstić information content (AvgIpc) is 2.11. The third-order valence-corrected chi connectivity index (χ3v) is 2.25. The maximum Gasteiger partial charge on any atom is 0.235 e. The van der Waals surface area contributed by atoms with Crippen LogP contribution in [0.3, 0.4) is 0 Å². The van der Waals surface area contributed by atoms with Gasteiger partial charge < -0.3 is 16.2 Å². The fourth-order valence-electron chi connectivity index (χ4n) is 1.59. The molecule has 5 nitrogen and oxygen atoms in total. The first kappa shape index (κ1) is 14.3. The third-order valence-electron chi connectivity index (χ3n) is 2.25. The summed E-state index contributed by atoms with van der Waals surface area (Å²) >= 11 is 0. The van der Waals surface area contributed by atoms with Gasteiger partial charge in [0.25, 0.3) is 0 Å². The topological polar surface area (TPSA) is 81.6 Å². The van der Waals surface area contributed by atoms with Crippen molar-refractivity contribution in [3.05, 3.63) is 0 Å². The van der Waals surface area contributed by atoms with Crippen molar-refractivity contribution in [2.24, 2.45) is 17.4 Å². The van der Waals surface area contributed by atoms with Gasteiger partial charge in [-0.05, 0) is 13.0 Å². The Bertz CT molecular complexity index is 186. The minimum atomic E-state index is -0.286. The number of primary amides is 1. The molecule has 0 aliphatic rings. The molecule has 0 radical (unpaired) electrons. The van der Waals surface area contributed by atoms with E-state index in [0.29, 0.717) is 26.3 Å². The maximum absolute atomic E-state index is 11.2. The number of nitrogens with two attached hydrogens (primary N) is 2. The Balaban J connectivity index is 3.93. The fourth-order valence-corrected chi connectivity index (χ4v) is 1.59. The molecule has 0 bridgehead atoms. The van der Waals surface area contributed by atoms with Crippen molar-refractivity contribution < 1.29 is 9.53 Å². The van der Waals surface area contributed by atoms with E-state index in [-0.39, 0.29) is 17.9 Å². The normalized spacial score (nSPS) is 13.5. The van der Waals surface area contributed by atoms with Crippen molar-refractivity contribution in [1.29, 1.82) is 0 Å². The number of hydrogen-bond donors (Lipinski definition) is 2. The third kappa shape index (κ3) is 5.71. The lowest BCUT2D eigenvalue weighted by molar-refractivity contribution is -0.124. The molecule has 0 aromatic carbocycles. The molecule has 0 saturated carbocycles. The standard InChI is InChI=1S/C10H23N3O2/c1-8(2)9(10(12)14)13(3)5-7-15-6-4-11/h8-9H,4-7,11H2,1-3H3,(H2,12,14)/t9-/m0/s1. The number of hydrogen-bond acceptors (Lipinski definition) is 4. The number of carbonyl (C=O) groups is 1. The number of likely N-dealkylation sites (N-methyl/N-ethyl adjacent to an activating group) is 1. The van der Waals surface area contributed by atoms with Crippen molar-refractivity contribution in [2.45, 2.75) is 19.9 Å². The quantitative estimate of drug-likeness (QED) is 0.532. The summed E-state index contributed by atoms with van der Waals surface area (Å²) in [6, 6.07) is -0.230. The lowest BCUT2D eigenvalue weighted by atomic mass is 10.0. The SMILES string of the molecule is CC(C)[C@@H](C(N)=O)N(C)CCOCCN. The van der Waals surface area contributed by atoms with E-state index in [4.69, 9.17) is 16.2 Å². The van der Waals surface area contributed by atoms with Gasteiger partial charge in [0.2, 0.25) is 5.91 Å². The molecule has 0 rings (SSSR count). The predicted molar refractivity (Wildman–Crippen MR) is 60.3 cm³/mol. The van der Waals surface area contributed by atoms with Crippen LogP contribution in [0.1, 0.15) is 13.8 Å². The smallest absolute Gasteiger partial charge is 0.235 e. The molecule has 1 amide bonds. The summed E-state index contributed by atoms with van der Waals surface area (Å²) in [6.07, 6.45) is 0. The molecule has 0 aromatic heterocycles. The molecule has 0 fully saturated rings. The minimum absolute atomic E-state index is 0.210. The van der Waals surface area contributed by atoms with Gasteiger partial charge in [0, 0.05) is 13.1 Å². The van der Waals surface area contributed by atoms with Gasteiger partial charge in [-0.2, -0.15) is 0 Å². The van der Waals surface area contributed by atoms with Gasteiger partial charge in [0.1, 0.15) is 0 Å². The molecule has 0 aromatic rings. The van der Waals surface area contributed by atoms with Gasteiger partial charge in [0.05, 0.1) is 19.3 Å². The van der Waals surface area contributed by atoms with E-state index in [1.165, 1.54) is 0 Å². The molecule has 0 aliphatic heterocycles. The zero-order chi connectivity index (χ0) is 11.8. The van der Waals surface area contributed by atoms with Crippen LogP contribution < -0.4 is 11.5 Å². The predicted octanol–water partition coefficient (Wildman–Crippen LogP) is -0.597. The number of rotatable bonds is 8.